The van der Waals surface area contributed by atoms with Crippen molar-refractivity contribution in [2.75, 3.05) is 38.2 Å². The van der Waals surface area contributed by atoms with Gasteiger partial charge in [-0.1, -0.05) is 12.1 Å². The fraction of sp³-hybridized carbons (Fsp3) is 0.316. The van der Waals surface area contributed by atoms with E-state index in [1.54, 1.807) is 12.0 Å². The molecule has 10 nitrogen and oxygen atoms in total. The lowest BCUT2D eigenvalue weighted by molar-refractivity contribution is -0.394. The van der Waals surface area contributed by atoms with Gasteiger partial charge in [-0.15, -0.1) is 0 Å². The smallest absolute Gasteiger partial charge is 0.279 e. The van der Waals surface area contributed by atoms with Gasteiger partial charge in [-0.3, -0.25) is 25.0 Å². The molecule has 29 heavy (non-hydrogen) atoms. The molecule has 2 aromatic rings. The average Bonchev–Trinajstić information content (AvgIpc) is 2.73. The normalized spacial score (nSPS) is 13.8. The fourth-order valence-corrected chi connectivity index (χ4v) is 3.35. The zero-order valence-corrected chi connectivity index (χ0v) is 15.8. The highest BCUT2D eigenvalue weighted by Crippen LogP contribution is 2.29. The zero-order valence-electron chi connectivity index (χ0n) is 15.8. The maximum Gasteiger partial charge on any atom is 0.279 e. The first-order valence-corrected chi connectivity index (χ1v) is 8.98. The minimum absolute atomic E-state index is 0.165. The maximum absolute atomic E-state index is 12.7. The number of non-ortho nitro benzene ring substituents is 1. The molecule has 152 valence electrons. The number of piperazine rings is 1. The van der Waals surface area contributed by atoms with E-state index in [1.807, 2.05) is 24.3 Å². The molecule has 1 amide bonds. The standard InChI is InChI=1S/C19H20N4O6/c1-29-18-5-3-2-4-16(18)20-8-10-21(11-9-20)19(24)12-14-6-7-15(22(25)26)13-17(14)23(27)28/h2-7,13H,8-12H2,1H3. The minimum atomic E-state index is -0.699. The number of benzene rings is 2. The summed E-state index contributed by atoms with van der Waals surface area (Å²) in [6.45, 7) is 2.15. The van der Waals surface area contributed by atoms with E-state index in [4.69, 9.17) is 4.74 Å². The van der Waals surface area contributed by atoms with E-state index in [0.29, 0.717) is 26.2 Å². The molecule has 0 aromatic heterocycles. The molecule has 0 N–H and O–H groups in total. The van der Waals surface area contributed by atoms with Gasteiger partial charge >= 0.3 is 0 Å². The summed E-state index contributed by atoms with van der Waals surface area (Å²) in [5.41, 5.74) is 0.324. The Labute approximate surface area is 166 Å². The first-order valence-electron chi connectivity index (χ1n) is 8.98. The van der Waals surface area contributed by atoms with Crippen LogP contribution < -0.4 is 9.64 Å². The monoisotopic (exact) mass is 400 g/mol. The molecule has 1 fully saturated rings. The lowest BCUT2D eigenvalue weighted by Crippen LogP contribution is -2.49. The van der Waals surface area contributed by atoms with Crippen LogP contribution in [0, 0.1) is 20.2 Å². The third-order valence-corrected chi connectivity index (χ3v) is 4.88. The number of rotatable bonds is 6. The van der Waals surface area contributed by atoms with E-state index < -0.39 is 15.5 Å². The summed E-state index contributed by atoms with van der Waals surface area (Å²) in [7, 11) is 1.61. The van der Waals surface area contributed by atoms with Crippen LogP contribution in [0.5, 0.6) is 5.75 Å². The number of hydrogen-bond donors (Lipinski definition) is 0. The number of carbonyl (C=O) groups excluding carboxylic acids is 1. The Kier molecular flexibility index (Phi) is 5.91. The van der Waals surface area contributed by atoms with E-state index in [2.05, 4.69) is 4.90 Å². The SMILES string of the molecule is COc1ccccc1N1CCN(C(=O)Cc2ccc([N+](=O)[O-])cc2[N+](=O)[O-])CC1. The van der Waals surface area contributed by atoms with Crippen LogP contribution in [0.25, 0.3) is 0 Å². The predicted octanol–water partition coefficient (Wildman–Crippen LogP) is 2.40. The number of methoxy groups -OCH3 is 1. The number of para-hydroxylation sites is 2. The third-order valence-electron chi connectivity index (χ3n) is 4.88. The van der Waals surface area contributed by atoms with E-state index in [1.165, 1.54) is 12.1 Å². The second-order valence-electron chi connectivity index (χ2n) is 6.54. The number of nitro benzene ring substituents is 2. The number of carbonyl (C=O) groups is 1. The third kappa shape index (κ3) is 4.42. The number of ether oxygens (including phenoxy) is 1. The van der Waals surface area contributed by atoms with Crippen molar-refractivity contribution >= 4 is 23.0 Å². The van der Waals surface area contributed by atoms with E-state index in [-0.39, 0.29) is 23.6 Å². The van der Waals surface area contributed by atoms with Gasteiger partial charge in [-0.2, -0.15) is 0 Å². The molecule has 1 aliphatic rings. The number of anilines is 1. The summed E-state index contributed by atoms with van der Waals surface area (Å²) in [6.07, 6.45) is -0.178. The van der Waals surface area contributed by atoms with Crippen molar-refractivity contribution in [3.8, 4) is 5.75 Å². The highest BCUT2D eigenvalue weighted by molar-refractivity contribution is 5.80. The van der Waals surface area contributed by atoms with Crippen LogP contribution >= 0.6 is 0 Å². The first-order chi connectivity index (χ1) is 13.9. The van der Waals surface area contributed by atoms with E-state index in [0.717, 1.165) is 17.5 Å². The van der Waals surface area contributed by atoms with Crippen molar-refractivity contribution in [3.63, 3.8) is 0 Å². The summed E-state index contributed by atoms with van der Waals surface area (Å²) >= 11 is 0. The molecule has 1 saturated heterocycles. The summed E-state index contributed by atoms with van der Waals surface area (Å²) < 4.78 is 5.38. The highest BCUT2D eigenvalue weighted by Gasteiger charge is 2.26. The molecular weight excluding hydrogens is 380 g/mol. The molecule has 0 unspecified atom stereocenters. The molecule has 0 spiro atoms. The molecule has 3 rings (SSSR count). The van der Waals surface area contributed by atoms with Gasteiger partial charge in [0.2, 0.25) is 5.91 Å². The molecule has 0 aliphatic carbocycles. The number of nitro groups is 2. The van der Waals surface area contributed by atoms with Crippen LogP contribution in [0.15, 0.2) is 42.5 Å². The second-order valence-corrected chi connectivity index (χ2v) is 6.54. The van der Waals surface area contributed by atoms with Crippen LogP contribution in [0.1, 0.15) is 5.56 Å². The van der Waals surface area contributed by atoms with Crippen molar-refractivity contribution < 1.29 is 19.4 Å². The molecule has 10 heteroatoms. The van der Waals surface area contributed by atoms with Crippen molar-refractivity contribution in [1.29, 1.82) is 0 Å². The van der Waals surface area contributed by atoms with Gasteiger partial charge in [0.1, 0.15) is 5.75 Å². The summed E-state index contributed by atoms with van der Waals surface area (Å²) in [5.74, 6) is 0.510. The topological polar surface area (TPSA) is 119 Å². The minimum Gasteiger partial charge on any atom is -0.495 e. The molecule has 0 atom stereocenters. The van der Waals surface area contributed by atoms with Crippen LogP contribution in [0.2, 0.25) is 0 Å². The molecule has 0 saturated carbocycles. The van der Waals surface area contributed by atoms with Crippen LogP contribution in [-0.4, -0.2) is 53.9 Å². The van der Waals surface area contributed by atoms with E-state index in [9.17, 15) is 25.0 Å². The van der Waals surface area contributed by atoms with Gasteiger partial charge in [0, 0.05) is 37.8 Å². The summed E-state index contributed by atoms with van der Waals surface area (Å²) in [4.78, 5) is 37.1. The van der Waals surface area contributed by atoms with Crippen LogP contribution in [-0.2, 0) is 11.2 Å². The molecular formula is C19H20N4O6. The zero-order chi connectivity index (χ0) is 21.0. The summed E-state index contributed by atoms with van der Waals surface area (Å²) in [5, 5.41) is 22.1. The van der Waals surface area contributed by atoms with Gasteiger partial charge in [-0.25, -0.2) is 0 Å². The molecule has 1 heterocycles. The average molecular weight is 400 g/mol. The lowest BCUT2D eigenvalue weighted by atomic mass is 10.1. The lowest BCUT2D eigenvalue weighted by Gasteiger charge is -2.36. The largest absolute Gasteiger partial charge is 0.495 e. The van der Waals surface area contributed by atoms with Gasteiger partial charge in [0.05, 0.1) is 35.1 Å². The quantitative estimate of drug-likeness (QED) is 0.539. The van der Waals surface area contributed by atoms with Crippen molar-refractivity contribution in [3.05, 3.63) is 68.3 Å². The van der Waals surface area contributed by atoms with Gasteiger partial charge < -0.3 is 14.5 Å². The molecule has 2 aromatic carbocycles. The van der Waals surface area contributed by atoms with Crippen LogP contribution in [0.4, 0.5) is 17.1 Å². The summed E-state index contributed by atoms with van der Waals surface area (Å²) in [6, 6.07) is 11.0. The van der Waals surface area contributed by atoms with E-state index >= 15 is 0 Å². The first kappa shape index (κ1) is 20.1. The Bertz CT molecular complexity index is 940. The Balaban J connectivity index is 1.67. The Morgan fingerprint density at radius 1 is 1.03 bits per heavy atom. The van der Waals surface area contributed by atoms with Gasteiger partial charge in [0.15, 0.2) is 0 Å². The van der Waals surface area contributed by atoms with Crippen molar-refractivity contribution in [1.82, 2.24) is 4.90 Å². The van der Waals surface area contributed by atoms with Crippen molar-refractivity contribution in [2.45, 2.75) is 6.42 Å². The fourth-order valence-electron chi connectivity index (χ4n) is 3.35. The molecule has 1 aliphatic heterocycles. The number of nitrogens with zero attached hydrogens (tertiary/aromatic N) is 4. The molecule has 0 bridgehead atoms. The molecule has 0 radical (unpaired) electrons. The Hall–Kier alpha value is -3.69. The Morgan fingerprint density at radius 2 is 1.72 bits per heavy atom. The van der Waals surface area contributed by atoms with Crippen molar-refractivity contribution in [2.24, 2.45) is 0 Å². The number of hydrogen-bond acceptors (Lipinski definition) is 7. The Morgan fingerprint density at radius 3 is 2.34 bits per heavy atom. The second kappa shape index (κ2) is 8.55. The highest BCUT2D eigenvalue weighted by atomic mass is 16.6. The van der Waals surface area contributed by atoms with Gasteiger partial charge in [0.25, 0.3) is 11.4 Å². The van der Waals surface area contributed by atoms with Gasteiger partial charge in [-0.05, 0) is 18.2 Å². The predicted molar refractivity (Wildman–Crippen MR) is 105 cm³/mol. The number of amides is 1. The maximum atomic E-state index is 12.7. The van der Waals surface area contributed by atoms with Crippen LogP contribution in [0.3, 0.4) is 0 Å².